The fraction of sp³-hybridized carbons (Fsp3) is 0.188. The Labute approximate surface area is 240 Å². The molecule has 0 atom stereocenters. The molecule has 8 heteroatoms. The number of thioether (sulfide) groups is 2. The molecule has 0 fully saturated rings. The highest BCUT2D eigenvalue weighted by Gasteiger charge is 2.29. The molecule has 6 nitrogen and oxygen atoms in total. The number of hydrogen-bond donors (Lipinski definition) is 0. The van der Waals surface area contributed by atoms with Gasteiger partial charge in [0.05, 0.1) is 11.4 Å². The van der Waals surface area contributed by atoms with Crippen LogP contribution in [0.15, 0.2) is 92.6 Å². The molecule has 4 aromatic rings. The number of nitrogens with zero attached hydrogens (tertiary/aromatic N) is 2. The smallest absolute Gasteiger partial charge is 0.369 e. The van der Waals surface area contributed by atoms with Crippen molar-refractivity contribution in [1.29, 1.82) is 0 Å². The summed E-state index contributed by atoms with van der Waals surface area (Å²) in [4.78, 5) is 37.0. The molecule has 0 aliphatic carbocycles. The van der Waals surface area contributed by atoms with Gasteiger partial charge in [0.15, 0.2) is 10.1 Å². The molecule has 6 rings (SSSR count). The molecule has 0 spiro atoms. The van der Waals surface area contributed by atoms with Crippen LogP contribution in [0, 0.1) is 0 Å². The molecular formula is C32H26N2O4S2. The predicted octanol–water partition coefficient (Wildman–Crippen LogP) is 8.23. The number of carbonyl (C=O) groups excluding carboxylic acids is 2. The fourth-order valence-corrected chi connectivity index (χ4v) is 6.57. The Hall–Kier alpha value is -3.88. The second-order valence-corrected chi connectivity index (χ2v) is 11.6. The molecule has 4 aromatic carbocycles. The van der Waals surface area contributed by atoms with E-state index in [0.29, 0.717) is 22.9 Å². The number of benzene rings is 4. The first kappa shape index (κ1) is 26.3. The Morgan fingerprint density at radius 3 is 1.38 bits per heavy atom. The summed E-state index contributed by atoms with van der Waals surface area (Å²) < 4.78 is 11.2. The molecule has 0 bridgehead atoms. The molecule has 0 unspecified atom stereocenters. The maximum Gasteiger partial charge on any atom is 0.369 e. The Kier molecular flexibility index (Phi) is 7.45. The summed E-state index contributed by atoms with van der Waals surface area (Å²) >= 11 is 2.56. The maximum atomic E-state index is 13.0. The van der Waals surface area contributed by atoms with Crippen LogP contribution >= 0.6 is 23.5 Å². The number of aliphatic imine (C=N–C) groups is 2. The standard InChI is InChI=1S/C32H26N2O4S2/c1-3-5-19-7-11-21(12-8-19)37-31(35)29-33-23-15-18-26-28-24(16-17-25(39-29)27(23)28)34-30(40-26)32(36)38-22-13-9-20(6-4-2)10-14-22/h7-18H,3-6H2,1-2H3. The van der Waals surface area contributed by atoms with Gasteiger partial charge in [-0.3, -0.25) is 0 Å². The molecule has 2 aliphatic rings. The van der Waals surface area contributed by atoms with Gasteiger partial charge in [-0.25, -0.2) is 19.6 Å². The van der Waals surface area contributed by atoms with Gasteiger partial charge in [-0.2, -0.15) is 0 Å². The molecule has 40 heavy (non-hydrogen) atoms. The summed E-state index contributed by atoms with van der Waals surface area (Å²) in [7, 11) is 0. The Bertz CT molecular complexity index is 1570. The SMILES string of the molecule is CCCc1ccc(OC(=O)C2=Nc3ccc4c5c(ccc(c35)S2)N=C(C(=O)Oc2ccc(CCC)cc2)S4)cc1. The molecule has 0 saturated carbocycles. The van der Waals surface area contributed by atoms with Gasteiger partial charge in [0.25, 0.3) is 0 Å². The van der Waals surface area contributed by atoms with Crippen LogP contribution in [0.25, 0.3) is 10.8 Å². The lowest BCUT2D eigenvalue weighted by atomic mass is 10.1. The van der Waals surface area contributed by atoms with E-state index in [4.69, 9.17) is 9.47 Å². The summed E-state index contributed by atoms with van der Waals surface area (Å²) in [6, 6.07) is 22.7. The number of esters is 2. The first-order valence-corrected chi connectivity index (χ1v) is 14.9. The van der Waals surface area contributed by atoms with Crippen molar-refractivity contribution in [3.63, 3.8) is 0 Å². The molecule has 0 N–H and O–H groups in total. The van der Waals surface area contributed by atoms with Crippen LogP contribution in [-0.2, 0) is 22.4 Å². The Balaban J connectivity index is 1.23. The summed E-state index contributed by atoms with van der Waals surface area (Å²) in [6.45, 7) is 4.26. The predicted molar refractivity (Wildman–Crippen MR) is 162 cm³/mol. The zero-order valence-corrected chi connectivity index (χ0v) is 23.7. The van der Waals surface area contributed by atoms with Crippen molar-refractivity contribution in [2.24, 2.45) is 9.98 Å². The van der Waals surface area contributed by atoms with E-state index in [1.807, 2.05) is 72.8 Å². The fourth-order valence-electron chi connectivity index (χ4n) is 4.73. The van der Waals surface area contributed by atoms with Crippen molar-refractivity contribution >= 4 is 67.7 Å². The summed E-state index contributed by atoms with van der Waals surface area (Å²) in [5, 5.41) is 2.37. The molecule has 200 valence electrons. The average molecular weight is 567 g/mol. The van der Waals surface area contributed by atoms with Gasteiger partial charge in [-0.05, 0) is 72.5 Å². The minimum Gasteiger partial charge on any atom is -0.421 e. The van der Waals surface area contributed by atoms with Crippen molar-refractivity contribution in [2.75, 3.05) is 0 Å². The first-order valence-electron chi connectivity index (χ1n) is 13.3. The molecule has 2 aliphatic heterocycles. The zero-order chi connectivity index (χ0) is 27.6. The van der Waals surface area contributed by atoms with Gasteiger partial charge in [-0.1, -0.05) is 74.5 Å². The van der Waals surface area contributed by atoms with Crippen LogP contribution in [0.4, 0.5) is 11.4 Å². The molecule has 2 heterocycles. The van der Waals surface area contributed by atoms with E-state index in [9.17, 15) is 9.59 Å². The van der Waals surface area contributed by atoms with E-state index in [1.165, 1.54) is 34.7 Å². The second kappa shape index (κ2) is 11.3. The van der Waals surface area contributed by atoms with Gasteiger partial charge >= 0.3 is 11.9 Å². The van der Waals surface area contributed by atoms with Crippen LogP contribution in [0.2, 0.25) is 0 Å². The largest absolute Gasteiger partial charge is 0.421 e. The third-order valence-electron chi connectivity index (χ3n) is 6.59. The highest BCUT2D eigenvalue weighted by molar-refractivity contribution is 8.16. The van der Waals surface area contributed by atoms with E-state index in [-0.39, 0.29) is 10.1 Å². The minimum atomic E-state index is -0.493. The van der Waals surface area contributed by atoms with Gasteiger partial charge < -0.3 is 9.47 Å². The average Bonchev–Trinajstić information content (AvgIpc) is 2.97. The van der Waals surface area contributed by atoms with E-state index in [2.05, 4.69) is 23.8 Å². The monoisotopic (exact) mass is 566 g/mol. The summed E-state index contributed by atoms with van der Waals surface area (Å²) in [5.74, 6) is -0.00242. The number of hydrogen-bond acceptors (Lipinski definition) is 8. The number of rotatable bonds is 8. The quantitative estimate of drug-likeness (QED) is 0.158. The maximum absolute atomic E-state index is 13.0. The first-order chi connectivity index (χ1) is 19.5. The third kappa shape index (κ3) is 5.29. The highest BCUT2D eigenvalue weighted by Crippen LogP contribution is 2.49. The van der Waals surface area contributed by atoms with Crippen LogP contribution in [-0.4, -0.2) is 22.0 Å². The molecule has 0 saturated heterocycles. The van der Waals surface area contributed by atoms with Crippen molar-refractivity contribution in [3.8, 4) is 11.5 Å². The van der Waals surface area contributed by atoms with Gasteiger partial charge in [0, 0.05) is 20.6 Å². The van der Waals surface area contributed by atoms with Crippen molar-refractivity contribution in [1.82, 2.24) is 0 Å². The molecule has 0 amide bonds. The van der Waals surface area contributed by atoms with Crippen molar-refractivity contribution in [3.05, 3.63) is 83.9 Å². The number of carbonyl (C=O) groups is 2. The van der Waals surface area contributed by atoms with Crippen molar-refractivity contribution < 1.29 is 19.1 Å². The molecular weight excluding hydrogens is 540 g/mol. The lowest BCUT2D eigenvalue weighted by Crippen LogP contribution is -2.19. The Morgan fingerprint density at radius 1 is 0.600 bits per heavy atom. The lowest BCUT2D eigenvalue weighted by molar-refractivity contribution is -0.127. The van der Waals surface area contributed by atoms with E-state index >= 15 is 0 Å². The van der Waals surface area contributed by atoms with Crippen LogP contribution in [0.3, 0.4) is 0 Å². The zero-order valence-electron chi connectivity index (χ0n) is 22.1. The van der Waals surface area contributed by atoms with Crippen molar-refractivity contribution in [2.45, 2.75) is 49.3 Å². The molecule has 0 radical (unpaired) electrons. The summed E-state index contributed by atoms with van der Waals surface area (Å²) in [5.41, 5.74) is 3.76. The number of ether oxygens (including phenoxy) is 2. The minimum absolute atomic E-state index is 0.273. The van der Waals surface area contributed by atoms with Crippen LogP contribution < -0.4 is 9.47 Å². The number of aryl methyl sites for hydroxylation is 2. The molecule has 0 aromatic heterocycles. The van der Waals surface area contributed by atoms with E-state index < -0.39 is 11.9 Å². The van der Waals surface area contributed by atoms with Crippen LogP contribution in [0.1, 0.15) is 37.8 Å². The van der Waals surface area contributed by atoms with E-state index in [0.717, 1.165) is 46.2 Å². The highest BCUT2D eigenvalue weighted by atomic mass is 32.2. The van der Waals surface area contributed by atoms with Gasteiger partial charge in [0.1, 0.15) is 11.5 Å². The third-order valence-corrected chi connectivity index (χ3v) is 8.61. The summed E-state index contributed by atoms with van der Waals surface area (Å²) in [6.07, 6.45) is 4.09. The lowest BCUT2D eigenvalue weighted by Gasteiger charge is -2.21. The Morgan fingerprint density at radius 2 is 1.00 bits per heavy atom. The van der Waals surface area contributed by atoms with Gasteiger partial charge in [-0.15, -0.1) is 0 Å². The van der Waals surface area contributed by atoms with Gasteiger partial charge in [0.2, 0.25) is 0 Å². The second-order valence-electron chi connectivity index (χ2n) is 9.52. The topological polar surface area (TPSA) is 77.3 Å². The van der Waals surface area contributed by atoms with Crippen LogP contribution in [0.5, 0.6) is 11.5 Å². The van der Waals surface area contributed by atoms with E-state index in [1.54, 1.807) is 0 Å². The normalized spacial score (nSPS) is 13.4.